The molecule has 0 saturated heterocycles. The van der Waals surface area contributed by atoms with Crippen LogP contribution in [0, 0.1) is 0 Å². The molecule has 0 aromatic rings. The first kappa shape index (κ1) is 8.61. The smallest absolute Gasteiger partial charge is 0.0365 e. The second-order valence-electron chi connectivity index (χ2n) is 1.93. The van der Waals surface area contributed by atoms with E-state index in [4.69, 9.17) is 5.84 Å². The van der Waals surface area contributed by atoms with E-state index in [1.54, 1.807) is 3.22 Å². The molecule has 0 aromatic carbocycles. The molecule has 0 amide bonds. The van der Waals surface area contributed by atoms with Gasteiger partial charge in [-0.3, -0.25) is 5.84 Å². The van der Waals surface area contributed by atoms with E-state index in [1.807, 2.05) is 14.1 Å². The van der Waals surface area contributed by atoms with Crippen molar-refractivity contribution in [1.82, 2.24) is 8.12 Å². The Morgan fingerprint density at radius 2 is 1.88 bits per heavy atom. The molecule has 0 fully saturated rings. The minimum Gasteiger partial charge on any atom is -0.308 e. The van der Waals surface area contributed by atoms with Crippen molar-refractivity contribution >= 4 is 22.9 Å². The van der Waals surface area contributed by atoms with Gasteiger partial charge in [0.05, 0.1) is 0 Å². The fourth-order valence-corrected chi connectivity index (χ4v) is 0.511. The molecule has 0 bridgehead atoms. The number of nitrogens with two attached hydrogens (primary N) is 1. The van der Waals surface area contributed by atoms with E-state index in [0.29, 0.717) is 0 Å². The van der Waals surface area contributed by atoms with Crippen molar-refractivity contribution in [2.75, 3.05) is 27.2 Å². The van der Waals surface area contributed by atoms with Crippen molar-refractivity contribution in [3.05, 3.63) is 0 Å². The lowest BCUT2D eigenvalue weighted by Gasteiger charge is -2.11. The van der Waals surface area contributed by atoms with Gasteiger partial charge in [0.15, 0.2) is 0 Å². The number of halogens is 1. The maximum absolute atomic E-state index is 5.33. The van der Waals surface area contributed by atoms with Gasteiger partial charge in [0.25, 0.3) is 0 Å². The first-order valence-corrected chi connectivity index (χ1v) is 3.42. The van der Waals surface area contributed by atoms with Crippen LogP contribution in [0.3, 0.4) is 0 Å². The van der Waals surface area contributed by atoms with Gasteiger partial charge >= 0.3 is 0 Å². The SMILES string of the molecule is CN(C)CCN(N)I. The van der Waals surface area contributed by atoms with Gasteiger partial charge in [-0.2, -0.15) is 3.22 Å². The van der Waals surface area contributed by atoms with E-state index in [0.717, 1.165) is 13.1 Å². The van der Waals surface area contributed by atoms with E-state index in [-0.39, 0.29) is 0 Å². The predicted octanol–water partition coefficient (Wildman–Crippen LogP) is 0.0737. The Balaban J connectivity index is 2.93. The molecule has 0 aliphatic rings. The predicted molar refractivity (Wildman–Crippen MR) is 43.5 cm³/mol. The topological polar surface area (TPSA) is 32.5 Å². The monoisotopic (exact) mass is 229 g/mol. The van der Waals surface area contributed by atoms with Crippen LogP contribution >= 0.6 is 22.9 Å². The van der Waals surface area contributed by atoms with Gasteiger partial charge in [0, 0.05) is 36.0 Å². The Labute approximate surface area is 64.3 Å². The molecule has 0 atom stereocenters. The average Bonchev–Trinajstić information content (AvgIpc) is 1.61. The van der Waals surface area contributed by atoms with Crippen molar-refractivity contribution in [3.63, 3.8) is 0 Å². The van der Waals surface area contributed by atoms with Crippen LogP contribution < -0.4 is 5.84 Å². The molecule has 50 valence electrons. The Kier molecular flexibility index (Phi) is 4.83. The second kappa shape index (κ2) is 4.49. The molecule has 0 spiro atoms. The van der Waals surface area contributed by atoms with Crippen LogP contribution in [0.25, 0.3) is 0 Å². The fraction of sp³-hybridized carbons (Fsp3) is 1.00. The van der Waals surface area contributed by atoms with Crippen LogP contribution in [0.5, 0.6) is 0 Å². The van der Waals surface area contributed by atoms with Crippen LogP contribution in [0.4, 0.5) is 0 Å². The highest BCUT2D eigenvalue weighted by atomic mass is 127. The van der Waals surface area contributed by atoms with Crippen LogP contribution in [0.2, 0.25) is 0 Å². The molecular formula is C4H12IN3. The summed E-state index contributed by atoms with van der Waals surface area (Å²) in [6.07, 6.45) is 0. The molecule has 0 aromatic heterocycles. The third kappa shape index (κ3) is 6.61. The Hall–Kier alpha value is 0.610. The quantitative estimate of drug-likeness (QED) is 0.322. The average molecular weight is 229 g/mol. The normalized spacial score (nSPS) is 11.2. The summed E-state index contributed by atoms with van der Waals surface area (Å²) in [5.41, 5.74) is 0. The van der Waals surface area contributed by atoms with E-state index in [9.17, 15) is 0 Å². The molecule has 0 radical (unpaired) electrons. The first-order valence-electron chi connectivity index (χ1n) is 2.45. The van der Waals surface area contributed by atoms with E-state index >= 15 is 0 Å². The molecule has 0 aliphatic heterocycles. The molecule has 0 unspecified atom stereocenters. The zero-order valence-electron chi connectivity index (χ0n) is 5.26. The van der Waals surface area contributed by atoms with Crippen molar-refractivity contribution in [2.24, 2.45) is 5.84 Å². The number of hydrogen-bond acceptors (Lipinski definition) is 3. The van der Waals surface area contributed by atoms with E-state index in [2.05, 4.69) is 27.8 Å². The number of hydrazine groups is 1. The largest absolute Gasteiger partial charge is 0.308 e. The van der Waals surface area contributed by atoms with Gasteiger partial charge in [-0.1, -0.05) is 0 Å². The van der Waals surface area contributed by atoms with Crippen molar-refractivity contribution in [3.8, 4) is 0 Å². The number of rotatable bonds is 3. The minimum absolute atomic E-state index is 0.910. The lowest BCUT2D eigenvalue weighted by Crippen LogP contribution is -2.28. The summed E-state index contributed by atoms with van der Waals surface area (Å²) in [6, 6.07) is 0. The third-order valence-corrected chi connectivity index (χ3v) is 1.24. The Morgan fingerprint density at radius 3 is 2.00 bits per heavy atom. The van der Waals surface area contributed by atoms with Crippen LogP contribution in [0.1, 0.15) is 0 Å². The van der Waals surface area contributed by atoms with Gasteiger partial charge in [-0.05, 0) is 14.1 Å². The first-order chi connectivity index (χ1) is 3.63. The standard InChI is InChI=1S/C4H12IN3/c1-7(2)3-4-8(5)6/h3-4,6H2,1-2H3. The van der Waals surface area contributed by atoms with Crippen LogP contribution in [-0.2, 0) is 0 Å². The van der Waals surface area contributed by atoms with Gasteiger partial charge in [-0.15, -0.1) is 0 Å². The van der Waals surface area contributed by atoms with Crippen LogP contribution in [0.15, 0.2) is 0 Å². The fourth-order valence-electron chi connectivity index (χ4n) is 0.296. The van der Waals surface area contributed by atoms with Gasteiger partial charge in [-0.25, -0.2) is 0 Å². The molecule has 0 aliphatic carbocycles. The van der Waals surface area contributed by atoms with Gasteiger partial charge in [0.1, 0.15) is 0 Å². The second-order valence-corrected chi connectivity index (χ2v) is 3.17. The molecule has 0 heterocycles. The van der Waals surface area contributed by atoms with Crippen molar-refractivity contribution in [2.45, 2.75) is 0 Å². The van der Waals surface area contributed by atoms with Crippen LogP contribution in [-0.4, -0.2) is 35.3 Å². The highest BCUT2D eigenvalue weighted by Gasteiger charge is 1.91. The number of nitrogens with zero attached hydrogens (tertiary/aromatic N) is 2. The van der Waals surface area contributed by atoms with Gasteiger partial charge in [0.2, 0.25) is 0 Å². The van der Waals surface area contributed by atoms with E-state index in [1.165, 1.54) is 0 Å². The molecule has 3 nitrogen and oxygen atoms in total. The molecule has 0 saturated carbocycles. The summed E-state index contributed by atoms with van der Waals surface area (Å²) in [5.74, 6) is 5.33. The summed E-state index contributed by atoms with van der Waals surface area (Å²) < 4.78 is 1.65. The highest BCUT2D eigenvalue weighted by molar-refractivity contribution is 14.1. The Morgan fingerprint density at radius 1 is 1.38 bits per heavy atom. The van der Waals surface area contributed by atoms with Crippen molar-refractivity contribution < 1.29 is 0 Å². The van der Waals surface area contributed by atoms with Gasteiger partial charge < -0.3 is 4.90 Å². The molecule has 4 heteroatoms. The molecule has 0 rings (SSSR count). The highest BCUT2D eigenvalue weighted by Crippen LogP contribution is 1.86. The maximum atomic E-state index is 5.33. The molecule has 2 N–H and O–H groups in total. The summed E-state index contributed by atoms with van der Waals surface area (Å²) in [5, 5.41) is 0. The zero-order chi connectivity index (χ0) is 6.57. The number of hydrogen-bond donors (Lipinski definition) is 1. The maximum Gasteiger partial charge on any atom is 0.0365 e. The minimum atomic E-state index is 0.910. The lowest BCUT2D eigenvalue weighted by atomic mass is 10.6. The van der Waals surface area contributed by atoms with Crippen molar-refractivity contribution in [1.29, 1.82) is 0 Å². The third-order valence-electron chi connectivity index (χ3n) is 0.761. The summed E-state index contributed by atoms with van der Waals surface area (Å²) in [6.45, 7) is 1.92. The number of likely N-dealkylation sites (N-methyl/N-ethyl adjacent to an activating group) is 1. The molecular weight excluding hydrogens is 217 g/mol. The summed E-state index contributed by atoms with van der Waals surface area (Å²) >= 11 is 2.06. The Bertz CT molecular complexity index is 47.2. The lowest BCUT2D eigenvalue weighted by molar-refractivity contribution is 0.368. The summed E-state index contributed by atoms with van der Waals surface area (Å²) in [4.78, 5) is 2.10. The zero-order valence-corrected chi connectivity index (χ0v) is 7.42. The summed E-state index contributed by atoms with van der Waals surface area (Å²) in [7, 11) is 4.06. The van der Waals surface area contributed by atoms with E-state index < -0.39 is 0 Å². The molecule has 8 heavy (non-hydrogen) atoms.